The third-order valence-corrected chi connectivity index (χ3v) is 2.64. The summed E-state index contributed by atoms with van der Waals surface area (Å²) in [6.07, 6.45) is 7.95. The molecule has 0 aromatic rings. The van der Waals surface area contributed by atoms with Crippen LogP contribution in [0.1, 0.15) is 45.4 Å². The fraction of sp³-hybridized carbons (Fsp3) is 1.00. The normalized spacial score (nSPS) is 20.2. The zero-order valence-electron chi connectivity index (χ0n) is 7.55. The zero-order chi connectivity index (χ0) is 8.10. The summed E-state index contributed by atoms with van der Waals surface area (Å²) >= 11 is 0. The van der Waals surface area contributed by atoms with Gasteiger partial charge in [0.2, 0.25) is 0 Å². The highest BCUT2D eigenvalue weighted by atomic mass is 16.3. The van der Waals surface area contributed by atoms with Crippen LogP contribution in [0.25, 0.3) is 0 Å². The largest absolute Gasteiger partial charge is 0.396 e. The van der Waals surface area contributed by atoms with Gasteiger partial charge < -0.3 is 5.11 Å². The minimum atomic E-state index is 0.403. The van der Waals surface area contributed by atoms with Crippen molar-refractivity contribution in [1.82, 2.24) is 0 Å². The molecule has 1 saturated carbocycles. The molecule has 0 bridgehead atoms. The van der Waals surface area contributed by atoms with Gasteiger partial charge in [-0.2, -0.15) is 0 Å². The summed E-state index contributed by atoms with van der Waals surface area (Å²) in [6, 6.07) is 0. The van der Waals surface area contributed by atoms with E-state index in [9.17, 15) is 0 Å². The lowest BCUT2D eigenvalue weighted by molar-refractivity contribution is 0.206. The highest BCUT2D eigenvalue weighted by Crippen LogP contribution is 2.35. The fourth-order valence-corrected chi connectivity index (χ4v) is 1.61. The van der Waals surface area contributed by atoms with E-state index >= 15 is 0 Å². The molecule has 1 atom stereocenters. The summed E-state index contributed by atoms with van der Waals surface area (Å²) in [4.78, 5) is 0. The van der Waals surface area contributed by atoms with Crippen molar-refractivity contribution >= 4 is 0 Å². The molecule has 0 aromatic heterocycles. The summed E-state index contributed by atoms with van der Waals surface area (Å²) < 4.78 is 0. The van der Waals surface area contributed by atoms with E-state index in [4.69, 9.17) is 5.11 Å². The molecule has 0 radical (unpaired) electrons. The second kappa shape index (κ2) is 4.76. The lowest BCUT2D eigenvalue weighted by atomic mass is 9.97. The van der Waals surface area contributed by atoms with E-state index in [1.807, 2.05) is 0 Å². The van der Waals surface area contributed by atoms with Crippen molar-refractivity contribution in [2.24, 2.45) is 11.8 Å². The molecule has 1 fully saturated rings. The number of aliphatic hydroxyl groups excluding tert-OH is 1. The Kier molecular flexibility index (Phi) is 3.92. The average Bonchev–Trinajstić information content (AvgIpc) is 2.81. The molecule has 0 spiro atoms. The van der Waals surface area contributed by atoms with Gasteiger partial charge in [-0.1, -0.05) is 32.6 Å². The molecule has 1 rings (SSSR count). The minimum absolute atomic E-state index is 0.403. The van der Waals surface area contributed by atoms with Crippen molar-refractivity contribution < 1.29 is 5.11 Å². The topological polar surface area (TPSA) is 20.2 Å². The smallest absolute Gasteiger partial charge is 0.0459 e. The molecular weight excluding hydrogens is 136 g/mol. The molecule has 0 aromatic carbocycles. The predicted molar refractivity (Wildman–Crippen MR) is 47.4 cm³/mol. The van der Waals surface area contributed by atoms with Crippen molar-refractivity contribution in [3.63, 3.8) is 0 Å². The van der Waals surface area contributed by atoms with E-state index < -0.39 is 0 Å². The Balaban J connectivity index is 1.98. The molecule has 0 saturated heterocycles. The van der Waals surface area contributed by atoms with Crippen molar-refractivity contribution in [3.8, 4) is 0 Å². The highest BCUT2D eigenvalue weighted by Gasteiger charge is 2.21. The standard InChI is InChI=1S/C10H20O/c1-2-3-10(8-11)7-6-9-4-5-9/h9-11H,2-8H2,1H3. The Morgan fingerprint density at radius 3 is 2.55 bits per heavy atom. The SMILES string of the molecule is CCCC(CO)CCC1CC1. The van der Waals surface area contributed by atoms with Crippen LogP contribution >= 0.6 is 0 Å². The third kappa shape index (κ3) is 3.76. The number of aliphatic hydroxyl groups is 1. The molecule has 11 heavy (non-hydrogen) atoms. The number of hydrogen-bond acceptors (Lipinski definition) is 1. The quantitative estimate of drug-likeness (QED) is 0.626. The van der Waals surface area contributed by atoms with Crippen LogP contribution in [0, 0.1) is 11.8 Å². The van der Waals surface area contributed by atoms with Gasteiger partial charge in [0.05, 0.1) is 0 Å². The summed E-state index contributed by atoms with van der Waals surface area (Å²) in [5, 5.41) is 8.99. The van der Waals surface area contributed by atoms with Crippen molar-refractivity contribution in [2.45, 2.75) is 45.4 Å². The highest BCUT2D eigenvalue weighted by molar-refractivity contribution is 4.74. The van der Waals surface area contributed by atoms with Gasteiger partial charge in [-0.3, -0.25) is 0 Å². The van der Waals surface area contributed by atoms with Crippen LogP contribution in [0.4, 0.5) is 0 Å². The minimum Gasteiger partial charge on any atom is -0.396 e. The first-order chi connectivity index (χ1) is 5.36. The van der Waals surface area contributed by atoms with Crippen LogP contribution < -0.4 is 0 Å². The predicted octanol–water partition coefficient (Wildman–Crippen LogP) is 2.59. The van der Waals surface area contributed by atoms with Crippen molar-refractivity contribution in [1.29, 1.82) is 0 Å². The second-order valence-corrected chi connectivity index (χ2v) is 3.86. The van der Waals surface area contributed by atoms with Crippen LogP contribution in [-0.4, -0.2) is 11.7 Å². The van der Waals surface area contributed by atoms with E-state index in [0.29, 0.717) is 12.5 Å². The molecule has 1 aliphatic carbocycles. The molecule has 66 valence electrons. The van der Waals surface area contributed by atoms with Crippen LogP contribution in [-0.2, 0) is 0 Å². The molecule has 0 aliphatic heterocycles. The maximum absolute atomic E-state index is 8.99. The molecule has 1 heteroatoms. The van der Waals surface area contributed by atoms with E-state index in [-0.39, 0.29) is 0 Å². The lowest BCUT2D eigenvalue weighted by Crippen LogP contribution is -2.05. The maximum Gasteiger partial charge on any atom is 0.0459 e. The molecule has 1 unspecified atom stereocenters. The van der Waals surface area contributed by atoms with E-state index in [2.05, 4.69) is 6.92 Å². The monoisotopic (exact) mass is 156 g/mol. The van der Waals surface area contributed by atoms with Crippen LogP contribution in [0.3, 0.4) is 0 Å². The third-order valence-electron chi connectivity index (χ3n) is 2.64. The Morgan fingerprint density at radius 1 is 1.36 bits per heavy atom. The van der Waals surface area contributed by atoms with Crippen LogP contribution in [0.2, 0.25) is 0 Å². The van der Waals surface area contributed by atoms with Gasteiger partial charge in [0, 0.05) is 6.61 Å². The summed E-state index contributed by atoms with van der Waals surface area (Å²) in [5.41, 5.74) is 0. The van der Waals surface area contributed by atoms with E-state index in [1.165, 1.54) is 38.5 Å². The first kappa shape index (κ1) is 9.05. The van der Waals surface area contributed by atoms with Gasteiger partial charge in [0.15, 0.2) is 0 Å². The second-order valence-electron chi connectivity index (χ2n) is 3.86. The first-order valence-electron chi connectivity index (χ1n) is 4.97. The number of rotatable bonds is 6. The van der Waals surface area contributed by atoms with Crippen LogP contribution in [0.15, 0.2) is 0 Å². The van der Waals surface area contributed by atoms with E-state index in [0.717, 1.165) is 5.92 Å². The van der Waals surface area contributed by atoms with Crippen molar-refractivity contribution in [3.05, 3.63) is 0 Å². The van der Waals surface area contributed by atoms with Gasteiger partial charge in [-0.05, 0) is 24.7 Å². The molecule has 1 nitrogen and oxygen atoms in total. The molecule has 1 aliphatic rings. The average molecular weight is 156 g/mol. The van der Waals surface area contributed by atoms with Gasteiger partial charge in [0.25, 0.3) is 0 Å². The summed E-state index contributed by atoms with van der Waals surface area (Å²) in [5.74, 6) is 1.63. The maximum atomic E-state index is 8.99. The van der Waals surface area contributed by atoms with Gasteiger partial charge >= 0.3 is 0 Å². The molecule has 0 heterocycles. The van der Waals surface area contributed by atoms with Gasteiger partial charge in [-0.25, -0.2) is 0 Å². The molecular formula is C10H20O. The Labute approximate surface area is 69.8 Å². The Morgan fingerprint density at radius 2 is 2.09 bits per heavy atom. The zero-order valence-corrected chi connectivity index (χ0v) is 7.55. The Hall–Kier alpha value is -0.0400. The fourth-order valence-electron chi connectivity index (χ4n) is 1.61. The first-order valence-corrected chi connectivity index (χ1v) is 4.97. The van der Waals surface area contributed by atoms with Gasteiger partial charge in [-0.15, -0.1) is 0 Å². The van der Waals surface area contributed by atoms with E-state index in [1.54, 1.807) is 0 Å². The van der Waals surface area contributed by atoms with Crippen LogP contribution in [0.5, 0.6) is 0 Å². The molecule has 1 N–H and O–H groups in total. The van der Waals surface area contributed by atoms with Crippen molar-refractivity contribution in [2.75, 3.05) is 6.61 Å². The molecule has 0 amide bonds. The van der Waals surface area contributed by atoms with Gasteiger partial charge in [0.1, 0.15) is 0 Å². The number of hydrogen-bond donors (Lipinski definition) is 1. The summed E-state index contributed by atoms with van der Waals surface area (Å²) in [6.45, 7) is 2.60. The summed E-state index contributed by atoms with van der Waals surface area (Å²) in [7, 11) is 0. The Bertz CT molecular complexity index is 97.0. The lowest BCUT2D eigenvalue weighted by Gasteiger charge is -2.11.